The monoisotopic (exact) mass is 203 g/mol. The van der Waals surface area contributed by atoms with Crippen LogP contribution in [0.1, 0.15) is 27.2 Å². The molecule has 1 atom stereocenters. The van der Waals surface area contributed by atoms with Gasteiger partial charge < -0.3 is 14.8 Å². The summed E-state index contributed by atoms with van der Waals surface area (Å²) in [6.07, 6.45) is 1.17. The lowest BCUT2D eigenvalue weighted by Crippen LogP contribution is -2.34. The molecule has 1 unspecified atom stereocenters. The molecule has 0 fully saturated rings. The highest BCUT2D eigenvalue weighted by molar-refractivity contribution is 4.66. The van der Waals surface area contributed by atoms with Crippen molar-refractivity contribution in [2.24, 2.45) is 5.92 Å². The molecule has 3 heteroatoms. The molecule has 0 bridgehead atoms. The molecule has 1 N–H and O–H groups in total. The molecular formula is C11H25NO2. The lowest BCUT2D eigenvalue weighted by molar-refractivity contribution is 0.0559. The van der Waals surface area contributed by atoms with Gasteiger partial charge in [-0.05, 0) is 18.9 Å². The van der Waals surface area contributed by atoms with Crippen LogP contribution >= 0.6 is 0 Å². The Morgan fingerprint density at radius 1 is 1.21 bits per heavy atom. The molecule has 0 heterocycles. The summed E-state index contributed by atoms with van der Waals surface area (Å²) in [5, 5.41) is 3.43. The molecule has 0 aromatic rings. The Balaban J connectivity index is 3.51. The van der Waals surface area contributed by atoms with Crippen molar-refractivity contribution in [1.82, 2.24) is 5.32 Å². The maximum Gasteiger partial charge on any atom is 0.0701 e. The number of rotatable bonds is 9. The van der Waals surface area contributed by atoms with Crippen molar-refractivity contribution in [1.29, 1.82) is 0 Å². The normalized spacial score (nSPS) is 13.5. The van der Waals surface area contributed by atoms with Crippen LogP contribution in [-0.2, 0) is 9.47 Å². The van der Waals surface area contributed by atoms with Crippen molar-refractivity contribution in [3.8, 4) is 0 Å². The van der Waals surface area contributed by atoms with Crippen molar-refractivity contribution < 1.29 is 9.47 Å². The highest BCUT2D eigenvalue weighted by Gasteiger charge is 2.09. The molecule has 86 valence electrons. The Morgan fingerprint density at radius 2 is 1.93 bits per heavy atom. The molecule has 3 nitrogen and oxygen atoms in total. The van der Waals surface area contributed by atoms with Crippen molar-refractivity contribution in [2.45, 2.75) is 33.2 Å². The molecule has 0 aliphatic rings. The first-order chi connectivity index (χ1) is 6.70. The van der Waals surface area contributed by atoms with Crippen LogP contribution in [0.15, 0.2) is 0 Å². The average Bonchev–Trinajstić information content (AvgIpc) is 2.12. The van der Waals surface area contributed by atoms with E-state index in [1.165, 1.54) is 6.42 Å². The van der Waals surface area contributed by atoms with Crippen LogP contribution in [0.4, 0.5) is 0 Å². The number of hydrogen-bond donors (Lipinski definition) is 1. The van der Waals surface area contributed by atoms with Gasteiger partial charge in [-0.15, -0.1) is 0 Å². The second kappa shape index (κ2) is 9.44. The van der Waals surface area contributed by atoms with Crippen LogP contribution in [0.2, 0.25) is 0 Å². The molecule has 0 aliphatic carbocycles. The van der Waals surface area contributed by atoms with Crippen molar-refractivity contribution in [3.63, 3.8) is 0 Å². The van der Waals surface area contributed by atoms with Crippen molar-refractivity contribution in [2.75, 3.05) is 33.5 Å². The molecule has 0 radical (unpaired) electrons. The van der Waals surface area contributed by atoms with Gasteiger partial charge in [0.25, 0.3) is 0 Å². The molecule has 0 amide bonds. The Bertz CT molecular complexity index is 118. The van der Waals surface area contributed by atoms with Gasteiger partial charge >= 0.3 is 0 Å². The fourth-order valence-corrected chi connectivity index (χ4v) is 1.44. The van der Waals surface area contributed by atoms with Crippen LogP contribution < -0.4 is 5.32 Å². The molecule has 0 saturated heterocycles. The van der Waals surface area contributed by atoms with Crippen molar-refractivity contribution in [3.05, 3.63) is 0 Å². The molecule has 14 heavy (non-hydrogen) atoms. The predicted molar refractivity (Wildman–Crippen MR) is 59.6 cm³/mol. The summed E-state index contributed by atoms with van der Waals surface area (Å²) >= 11 is 0. The Hall–Kier alpha value is -0.120. The van der Waals surface area contributed by atoms with E-state index in [2.05, 4.69) is 26.1 Å². The van der Waals surface area contributed by atoms with Crippen LogP contribution in [0.5, 0.6) is 0 Å². The minimum Gasteiger partial charge on any atom is -0.382 e. The summed E-state index contributed by atoms with van der Waals surface area (Å²) in [5.41, 5.74) is 0. The topological polar surface area (TPSA) is 30.5 Å². The third kappa shape index (κ3) is 8.48. The van der Waals surface area contributed by atoms with Crippen LogP contribution in [0.25, 0.3) is 0 Å². The summed E-state index contributed by atoms with van der Waals surface area (Å²) in [6, 6.07) is 0.483. The Morgan fingerprint density at radius 3 is 2.43 bits per heavy atom. The second-order valence-electron chi connectivity index (χ2n) is 3.95. The molecule has 0 spiro atoms. The van der Waals surface area contributed by atoms with E-state index in [0.29, 0.717) is 25.2 Å². The zero-order valence-electron chi connectivity index (χ0n) is 10.0. The van der Waals surface area contributed by atoms with Gasteiger partial charge in [-0.3, -0.25) is 0 Å². The predicted octanol–water partition coefficient (Wildman–Crippen LogP) is 1.67. The molecule has 0 rings (SSSR count). The first kappa shape index (κ1) is 13.9. The summed E-state index contributed by atoms with van der Waals surface area (Å²) in [7, 11) is 1.69. The summed E-state index contributed by atoms with van der Waals surface area (Å²) in [4.78, 5) is 0. The highest BCUT2D eigenvalue weighted by Crippen LogP contribution is 2.04. The quantitative estimate of drug-likeness (QED) is 0.578. The van der Waals surface area contributed by atoms with Crippen molar-refractivity contribution >= 4 is 0 Å². The fourth-order valence-electron chi connectivity index (χ4n) is 1.44. The Labute approximate surface area is 88.2 Å². The number of likely N-dealkylation sites (N-methyl/N-ethyl adjacent to an activating group) is 1. The minimum absolute atomic E-state index is 0.483. The lowest BCUT2D eigenvalue weighted by Gasteiger charge is -2.19. The van der Waals surface area contributed by atoms with E-state index in [4.69, 9.17) is 9.47 Å². The van der Waals surface area contributed by atoms with Gasteiger partial charge in [0.05, 0.1) is 19.8 Å². The standard InChI is InChI=1S/C11H25NO2/c1-5-12-11(8-10(2)3)9-14-7-6-13-4/h10-12H,5-9H2,1-4H3. The first-order valence-electron chi connectivity index (χ1n) is 5.50. The zero-order valence-corrected chi connectivity index (χ0v) is 10.0. The number of ether oxygens (including phenoxy) is 2. The van der Waals surface area contributed by atoms with E-state index in [9.17, 15) is 0 Å². The maximum absolute atomic E-state index is 5.50. The van der Waals surface area contributed by atoms with Gasteiger partial charge in [0.1, 0.15) is 0 Å². The van der Waals surface area contributed by atoms with Gasteiger partial charge in [-0.25, -0.2) is 0 Å². The first-order valence-corrected chi connectivity index (χ1v) is 5.50. The van der Waals surface area contributed by atoms with Gasteiger partial charge in [0, 0.05) is 13.2 Å². The largest absolute Gasteiger partial charge is 0.382 e. The van der Waals surface area contributed by atoms with E-state index in [-0.39, 0.29) is 0 Å². The third-order valence-electron chi connectivity index (χ3n) is 2.00. The molecule has 0 saturated carbocycles. The number of hydrogen-bond acceptors (Lipinski definition) is 3. The van der Waals surface area contributed by atoms with E-state index < -0.39 is 0 Å². The molecule has 0 aliphatic heterocycles. The minimum atomic E-state index is 0.483. The average molecular weight is 203 g/mol. The van der Waals surface area contributed by atoms with Gasteiger partial charge in [-0.2, -0.15) is 0 Å². The van der Waals surface area contributed by atoms with E-state index in [0.717, 1.165) is 13.2 Å². The van der Waals surface area contributed by atoms with Crippen LogP contribution in [0.3, 0.4) is 0 Å². The molecule has 0 aromatic carbocycles. The summed E-state index contributed by atoms with van der Waals surface area (Å²) < 4.78 is 10.4. The Kier molecular flexibility index (Phi) is 9.35. The smallest absolute Gasteiger partial charge is 0.0701 e. The summed E-state index contributed by atoms with van der Waals surface area (Å²) in [6.45, 7) is 9.76. The number of methoxy groups -OCH3 is 1. The molecule has 0 aromatic heterocycles. The highest BCUT2D eigenvalue weighted by atomic mass is 16.5. The van der Waals surface area contributed by atoms with Crippen LogP contribution in [-0.4, -0.2) is 39.5 Å². The maximum atomic E-state index is 5.50. The van der Waals surface area contributed by atoms with E-state index in [1.807, 2.05) is 0 Å². The lowest BCUT2D eigenvalue weighted by atomic mass is 10.0. The van der Waals surface area contributed by atoms with E-state index >= 15 is 0 Å². The molecular weight excluding hydrogens is 178 g/mol. The SMILES string of the molecule is CCNC(COCCOC)CC(C)C. The van der Waals surface area contributed by atoms with E-state index in [1.54, 1.807) is 7.11 Å². The van der Waals surface area contributed by atoms with Crippen LogP contribution in [0, 0.1) is 5.92 Å². The fraction of sp³-hybridized carbons (Fsp3) is 1.00. The van der Waals surface area contributed by atoms with Gasteiger partial charge in [0.2, 0.25) is 0 Å². The zero-order chi connectivity index (χ0) is 10.8. The second-order valence-corrected chi connectivity index (χ2v) is 3.95. The third-order valence-corrected chi connectivity index (χ3v) is 2.00. The van der Waals surface area contributed by atoms with Gasteiger partial charge in [-0.1, -0.05) is 20.8 Å². The number of nitrogens with one attached hydrogen (secondary N) is 1. The summed E-state index contributed by atoms with van der Waals surface area (Å²) in [5.74, 6) is 0.713. The van der Waals surface area contributed by atoms with Gasteiger partial charge in [0.15, 0.2) is 0 Å².